The first-order valence-corrected chi connectivity index (χ1v) is 8.44. The number of thioether (sulfide) groups is 1. The van der Waals surface area contributed by atoms with Crippen molar-refractivity contribution in [2.75, 3.05) is 38.8 Å². The molecule has 0 aliphatic carbocycles. The summed E-state index contributed by atoms with van der Waals surface area (Å²) in [7, 11) is 4.23. The van der Waals surface area contributed by atoms with Gasteiger partial charge >= 0.3 is 0 Å². The molecule has 1 aliphatic heterocycles. The summed E-state index contributed by atoms with van der Waals surface area (Å²) in [5.74, 6) is 3.25. The fourth-order valence-electron chi connectivity index (χ4n) is 2.54. The first-order valence-electron chi connectivity index (χ1n) is 7.29. The van der Waals surface area contributed by atoms with Gasteiger partial charge in [-0.25, -0.2) is 0 Å². The normalized spacial score (nSPS) is 21.6. The lowest BCUT2D eigenvalue weighted by Gasteiger charge is -2.37. The van der Waals surface area contributed by atoms with Crippen molar-refractivity contribution < 1.29 is 4.74 Å². The average Bonchev–Trinajstić information content (AvgIpc) is 2.48. The van der Waals surface area contributed by atoms with Gasteiger partial charge in [0.1, 0.15) is 5.75 Å². The summed E-state index contributed by atoms with van der Waals surface area (Å²) < 4.78 is 5.70. The maximum atomic E-state index is 5.70. The summed E-state index contributed by atoms with van der Waals surface area (Å²) in [5.41, 5.74) is 1.21. The van der Waals surface area contributed by atoms with Gasteiger partial charge in [0, 0.05) is 36.3 Å². The molecular weight excluding hydrogens is 270 g/mol. The molecule has 1 aliphatic rings. The SMILES string of the molecule is CCCOc1cncc(C(NC)C2CSCCN2C)c1. The van der Waals surface area contributed by atoms with Gasteiger partial charge in [-0.05, 0) is 32.1 Å². The summed E-state index contributed by atoms with van der Waals surface area (Å²) in [4.78, 5) is 6.78. The molecule has 4 nitrogen and oxygen atoms in total. The largest absolute Gasteiger partial charge is 0.492 e. The number of pyridine rings is 1. The fraction of sp³-hybridized carbons (Fsp3) is 0.667. The Balaban J connectivity index is 2.13. The summed E-state index contributed by atoms with van der Waals surface area (Å²) >= 11 is 2.03. The first kappa shape index (κ1) is 15.6. The summed E-state index contributed by atoms with van der Waals surface area (Å²) in [6.45, 7) is 4.00. The molecule has 2 heterocycles. The lowest BCUT2D eigenvalue weighted by atomic mass is 10.0. The Labute approximate surface area is 126 Å². The third-order valence-electron chi connectivity index (χ3n) is 3.71. The molecule has 0 radical (unpaired) electrons. The lowest BCUT2D eigenvalue weighted by molar-refractivity contribution is 0.220. The van der Waals surface area contributed by atoms with Crippen LogP contribution < -0.4 is 10.1 Å². The summed E-state index contributed by atoms with van der Waals surface area (Å²) in [6, 6.07) is 2.92. The van der Waals surface area contributed by atoms with Crippen LogP contribution in [0, 0.1) is 0 Å². The molecule has 0 amide bonds. The minimum atomic E-state index is 0.297. The smallest absolute Gasteiger partial charge is 0.137 e. The number of nitrogens with zero attached hydrogens (tertiary/aromatic N) is 2. The monoisotopic (exact) mass is 295 g/mol. The zero-order chi connectivity index (χ0) is 14.4. The van der Waals surface area contributed by atoms with Gasteiger partial charge in [-0.1, -0.05) is 6.92 Å². The molecule has 0 bridgehead atoms. The first-order chi connectivity index (χ1) is 9.76. The van der Waals surface area contributed by atoms with Gasteiger partial charge in [0.2, 0.25) is 0 Å². The van der Waals surface area contributed by atoms with E-state index < -0.39 is 0 Å². The number of aromatic nitrogens is 1. The second-order valence-corrected chi connectivity index (χ2v) is 6.34. The molecule has 2 rings (SSSR count). The molecule has 0 spiro atoms. The van der Waals surface area contributed by atoms with Crippen LogP contribution in [0.2, 0.25) is 0 Å². The highest BCUT2D eigenvalue weighted by Crippen LogP contribution is 2.27. The molecule has 5 heteroatoms. The van der Waals surface area contributed by atoms with Crippen LogP contribution in [0.15, 0.2) is 18.5 Å². The zero-order valence-electron chi connectivity index (χ0n) is 12.6. The van der Waals surface area contributed by atoms with Crippen molar-refractivity contribution in [2.45, 2.75) is 25.4 Å². The van der Waals surface area contributed by atoms with Crippen molar-refractivity contribution >= 4 is 11.8 Å². The van der Waals surface area contributed by atoms with E-state index in [1.54, 1.807) is 6.20 Å². The fourth-order valence-corrected chi connectivity index (χ4v) is 3.81. The molecule has 2 atom stereocenters. The Bertz CT molecular complexity index is 416. The lowest BCUT2D eigenvalue weighted by Crippen LogP contribution is -2.47. The van der Waals surface area contributed by atoms with E-state index in [0.29, 0.717) is 12.1 Å². The maximum absolute atomic E-state index is 5.70. The number of rotatable bonds is 6. The average molecular weight is 295 g/mol. The Morgan fingerprint density at radius 2 is 2.40 bits per heavy atom. The molecular formula is C15H25N3OS. The summed E-state index contributed by atoms with van der Waals surface area (Å²) in [5, 5.41) is 3.45. The molecule has 0 saturated carbocycles. The second-order valence-electron chi connectivity index (χ2n) is 5.19. The predicted octanol–water partition coefficient (Wildman–Crippen LogP) is 2.18. The van der Waals surface area contributed by atoms with Gasteiger partial charge in [0.25, 0.3) is 0 Å². The standard InChI is InChI=1S/C15H25N3OS/c1-4-6-19-13-8-12(9-17-10-13)15(16-2)14-11-20-7-5-18(14)3/h8-10,14-16H,4-7,11H2,1-3H3. The number of ether oxygens (including phenoxy) is 1. The molecule has 1 aromatic rings. The van der Waals surface area contributed by atoms with E-state index in [1.807, 2.05) is 25.0 Å². The van der Waals surface area contributed by atoms with Crippen molar-refractivity contribution in [3.63, 3.8) is 0 Å². The van der Waals surface area contributed by atoms with E-state index in [2.05, 4.69) is 35.2 Å². The highest BCUT2D eigenvalue weighted by molar-refractivity contribution is 7.99. The molecule has 0 aromatic carbocycles. The Morgan fingerprint density at radius 3 is 3.10 bits per heavy atom. The van der Waals surface area contributed by atoms with Crippen LogP contribution in [-0.2, 0) is 0 Å². The molecule has 1 saturated heterocycles. The van der Waals surface area contributed by atoms with Crippen LogP contribution in [0.5, 0.6) is 5.75 Å². The van der Waals surface area contributed by atoms with Gasteiger partial charge in [0.05, 0.1) is 12.8 Å². The van der Waals surface area contributed by atoms with E-state index in [4.69, 9.17) is 4.74 Å². The minimum Gasteiger partial charge on any atom is -0.492 e. The van der Waals surface area contributed by atoms with Crippen molar-refractivity contribution in [1.82, 2.24) is 15.2 Å². The molecule has 20 heavy (non-hydrogen) atoms. The quantitative estimate of drug-likeness (QED) is 0.870. The van der Waals surface area contributed by atoms with Crippen molar-refractivity contribution in [1.29, 1.82) is 0 Å². The predicted molar refractivity (Wildman–Crippen MR) is 85.6 cm³/mol. The van der Waals surface area contributed by atoms with Gasteiger partial charge in [-0.2, -0.15) is 11.8 Å². The van der Waals surface area contributed by atoms with Gasteiger partial charge in [-0.15, -0.1) is 0 Å². The van der Waals surface area contributed by atoms with Crippen LogP contribution >= 0.6 is 11.8 Å². The van der Waals surface area contributed by atoms with E-state index in [0.717, 1.165) is 31.1 Å². The van der Waals surface area contributed by atoms with Crippen molar-refractivity contribution in [3.05, 3.63) is 24.0 Å². The van der Waals surface area contributed by atoms with Crippen LogP contribution in [0.25, 0.3) is 0 Å². The molecule has 2 unspecified atom stereocenters. The third-order valence-corrected chi connectivity index (χ3v) is 4.75. The third kappa shape index (κ3) is 3.87. The molecule has 1 fully saturated rings. The number of nitrogens with one attached hydrogen (secondary N) is 1. The van der Waals surface area contributed by atoms with Crippen LogP contribution in [-0.4, -0.2) is 54.7 Å². The maximum Gasteiger partial charge on any atom is 0.137 e. The van der Waals surface area contributed by atoms with Crippen molar-refractivity contribution in [2.24, 2.45) is 0 Å². The van der Waals surface area contributed by atoms with Gasteiger partial charge in [-0.3, -0.25) is 9.88 Å². The van der Waals surface area contributed by atoms with Crippen molar-refractivity contribution in [3.8, 4) is 5.75 Å². The number of hydrogen-bond acceptors (Lipinski definition) is 5. The van der Waals surface area contributed by atoms with E-state index in [9.17, 15) is 0 Å². The minimum absolute atomic E-state index is 0.297. The molecule has 112 valence electrons. The van der Waals surface area contributed by atoms with E-state index in [1.165, 1.54) is 11.3 Å². The Morgan fingerprint density at radius 1 is 1.55 bits per heavy atom. The van der Waals surface area contributed by atoms with Crippen LogP contribution in [0.4, 0.5) is 0 Å². The zero-order valence-corrected chi connectivity index (χ0v) is 13.4. The molecule has 1 aromatic heterocycles. The number of likely N-dealkylation sites (N-methyl/N-ethyl adjacent to an activating group) is 2. The topological polar surface area (TPSA) is 37.4 Å². The Hall–Kier alpha value is -0.780. The summed E-state index contributed by atoms with van der Waals surface area (Å²) in [6.07, 6.45) is 4.76. The highest BCUT2D eigenvalue weighted by Gasteiger charge is 2.28. The van der Waals surface area contributed by atoms with E-state index >= 15 is 0 Å². The highest BCUT2D eigenvalue weighted by atomic mass is 32.2. The van der Waals surface area contributed by atoms with Crippen LogP contribution in [0.3, 0.4) is 0 Å². The van der Waals surface area contributed by atoms with Crippen LogP contribution in [0.1, 0.15) is 24.9 Å². The van der Waals surface area contributed by atoms with Gasteiger partial charge in [0.15, 0.2) is 0 Å². The number of hydrogen-bond donors (Lipinski definition) is 1. The van der Waals surface area contributed by atoms with Gasteiger partial charge < -0.3 is 10.1 Å². The molecule has 1 N–H and O–H groups in total. The van der Waals surface area contributed by atoms with E-state index in [-0.39, 0.29) is 0 Å². The second kappa shape index (κ2) is 7.86. The Kier molecular flexibility index (Phi) is 6.13.